The Kier molecular flexibility index (Phi) is 5.45. The largest absolute Gasteiger partial charge is 0.454 e. The molecule has 0 aliphatic carbocycles. The summed E-state index contributed by atoms with van der Waals surface area (Å²) in [4.78, 5) is 15.3. The highest BCUT2D eigenvalue weighted by Gasteiger charge is 2.31. The number of benzene rings is 2. The average molecular weight is 387 g/mol. The summed E-state index contributed by atoms with van der Waals surface area (Å²) in [6.45, 7) is 6.49. The molecule has 3 N–H and O–H groups in total. The predicted molar refractivity (Wildman–Crippen MR) is 102 cm³/mol. The van der Waals surface area contributed by atoms with Crippen molar-refractivity contribution in [3.63, 3.8) is 0 Å². The summed E-state index contributed by atoms with van der Waals surface area (Å²) in [7, 11) is 0. The number of carbonyl (C=O) groups excluding carboxylic acids is 1. The summed E-state index contributed by atoms with van der Waals surface area (Å²) < 4.78 is 24.5. The van der Waals surface area contributed by atoms with Crippen molar-refractivity contribution in [2.75, 3.05) is 38.3 Å². The number of carbonyl (C=O) groups is 1. The molecule has 1 fully saturated rings. The number of ether oxygens (including phenoxy) is 2. The molecular weight excluding hydrogens is 361 g/mol. The number of rotatable bonds is 5. The minimum absolute atomic E-state index is 0.00795. The number of hydrogen-bond donors (Lipinski definition) is 3. The second-order valence-corrected chi connectivity index (χ2v) is 7.46. The molecule has 7 heteroatoms. The Balaban J connectivity index is 1.29. The van der Waals surface area contributed by atoms with Gasteiger partial charge in [-0.2, -0.15) is 0 Å². The number of nitrogens with one attached hydrogen (secondary N) is 3. The van der Waals surface area contributed by atoms with Crippen LogP contribution in [0.2, 0.25) is 0 Å². The van der Waals surface area contributed by atoms with Crippen LogP contribution in [0.15, 0.2) is 42.5 Å². The molecule has 2 aromatic rings. The molecule has 0 aromatic heterocycles. The maximum atomic E-state index is 13.9. The Morgan fingerprint density at radius 2 is 1.86 bits per heavy atom. The predicted octanol–water partition coefficient (Wildman–Crippen LogP) is -0.135. The van der Waals surface area contributed by atoms with Crippen LogP contribution in [0, 0.1) is 5.82 Å². The van der Waals surface area contributed by atoms with Gasteiger partial charge in [-0.15, -0.1) is 0 Å². The Hall–Kier alpha value is -2.64. The lowest BCUT2D eigenvalue weighted by Crippen LogP contribution is -3.29. The first-order valence-corrected chi connectivity index (χ1v) is 9.72. The van der Waals surface area contributed by atoms with Gasteiger partial charge in [0.15, 0.2) is 17.5 Å². The molecule has 1 amide bonds. The molecule has 0 bridgehead atoms. The van der Waals surface area contributed by atoms with Crippen molar-refractivity contribution in [2.45, 2.75) is 19.5 Å². The van der Waals surface area contributed by atoms with Crippen LogP contribution in [-0.2, 0) is 11.3 Å². The van der Waals surface area contributed by atoms with Gasteiger partial charge in [-0.1, -0.05) is 18.2 Å². The van der Waals surface area contributed by atoms with Crippen molar-refractivity contribution >= 4 is 11.6 Å². The highest BCUT2D eigenvalue weighted by molar-refractivity contribution is 5.93. The van der Waals surface area contributed by atoms with E-state index in [4.69, 9.17) is 9.47 Å². The number of anilines is 1. The lowest BCUT2D eigenvalue weighted by Gasteiger charge is -2.32. The zero-order chi connectivity index (χ0) is 19.5. The summed E-state index contributed by atoms with van der Waals surface area (Å²) >= 11 is 0. The van der Waals surface area contributed by atoms with Crippen molar-refractivity contribution in [1.82, 2.24) is 0 Å². The molecule has 2 aliphatic heterocycles. The van der Waals surface area contributed by atoms with Crippen molar-refractivity contribution in [2.24, 2.45) is 0 Å². The molecule has 148 valence electrons. The van der Waals surface area contributed by atoms with Crippen molar-refractivity contribution in [3.8, 4) is 11.5 Å². The van der Waals surface area contributed by atoms with Crippen LogP contribution >= 0.6 is 0 Å². The Morgan fingerprint density at radius 3 is 2.64 bits per heavy atom. The molecular formula is C21H26FN3O3+2. The summed E-state index contributed by atoms with van der Waals surface area (Å²) in [5, 5.41) is 2.98. The molecule has 0 saturated carbocycles. The maximum Gasteiger partial charge on any atom is 0.282 e. The first-order chi connectivity index (χ1) is 13.6. The van der Waals surface area contributed by atoms with E-state index in [0.717, 1.165) is 31.7 Å². The minimum atomic E-state index is -0.152. The third kappa shape index (κ3) is 4.10. The minimum Gasteiger partial charge on any atom is -0.454 e. The monoisotopic (exact) mass is 387 g/mol. The van der Waals surface area contributed by atoms with Gasteiger partial charge in [-0.05, 0) is 25.1 Å². The molecule has 1 saturated heterocycles. The highest BCUT2D eigenvalue weighted by Crippen LogP contribution is 2.34. The fourth-order valence-corrected chi connectivity index (χ4v) is 3.86. The van der Waals surface area contributed by atoms with Crippen molar-refractivity contribution < 1.29 is 28.5 Å². The van der Waals surface area contributed by atoms with Gasteiger partial charge >= 0.3 is 0 Å². The third-order valence-corrected chi connectivity index (χ3v) is 5.64. The highest BCUT2D eigenvalue weighted by atomic mass is 19.1. The zero-order valence-electron chi connectivity index (χ0n) is 16.0. The van der Waals surface area contributed by atoms with E-state index in [0.29, 0.717) is 23.7 Å². The van der Waals surface area contributed by atoms with Crippen LogP contribution in [0.5, 0.6) is 11.5 Å². The lowest BCUT2D eigenvalue weighted by atomic mass is 10.1. The number of fused-ring (bicyclic) bond motifs is 1. The molecule has 0 unspecified atom stereocenters. The van der Waals surface area contributed by atoms with E-state index < -0.39 is 0 Å². The summed E-state index contributed by atoms with van der Waals surface area (Å²) in [6, 6.07) is 12.2. The summed E-state index contributed by atoms with van der Waals surface area (Å²) in [5.41, 5.74) is 1.47. The molecule has 6 nitrogen and oxygen atoms in total. The van der Waals surface area contributed by atoms with Crippen LogP contribution < -0.4 is 24.6 Å². The van der Waals surface area contributed by atoms with Gasteiger partial charge in [-0.25, -0.2) is 4.39 Å². The average Bonchev–Trinajstić information content (AvgIpc) is 3.17. The van der Waals surface area contributed by atoms with E-state index in [-0.39, 0.29) is 24.6 Å². The molecule has 2 aliphatic rings. The fourth-order valence-electron chi connectivity index (χ4n) is 3.86. The SMILES string of the molecule is C[C@H](C(=O)Nc1ccc2c(c1)OCO2)[NH+]1CC[NH+](Cc2ccccc2F)CC1. The van der Waals surface area contributed by atoms with E-state index in [1.54, 1.807) is 18.2 Å². The molecule has 2 aromatic carbocycles. The fraction of sp³-hybridized carbons (Fsp3) is 0.381. The van der Waals surface area contributed by atoms with Crippen LogP contribution in [0.25, 0.3) is 0 Å². The third-order valence-electron chi connectivity index (χ3n) is 5.64. The van der Waals surface area contributed by atoms with Gasteiger partial charge in [-0.3, -0.25) is 4.79 Å². The van der Waals surface area contributed by atoms with E-state index in [1.807, 2.05) is 25.1 Å². The normalized spacial score (nSPS) is 21.9. The Bertz CT molecular complexity index is 853. The molecule has 0 spiro atoms. The number of halogens is 1. The van der Waals surface area contributed by atoms with Gasteiger partial charge in [0.05, 0.1) is 0 Å². The molecule has 2 heterocycles. The first-order valence-electron chi connectivity index (χ1n) is 9.72. The van der Waals surface area contributed by atoms with E-state index in [2.05, 4.69) is 5.32 Å². The van der Waals surface area contributed by atoms with Crippen LogP contribution in [0.3, 0.4) is 0 Å². The summed E-state index contributed by atoms with van der Waals surface area (Å²) in [6.07, 6.45) is 0. The van der Waals surface area contributed by atoms with Crippen LogP contribution in [0.1, 0.15) is 12.5 Å². The van der Waals surface area contributed by atoms with Gasteiger partial charge in [0, 0.05) is 17.3 Å². The molecule has 4 rings (SSSR count). The van der Waals surface area contributed by atoms with Gasteiger partial charge in [0.1, 0.15) is 38.5 Å². The standard InChI is InChI=1S/C21H24FN3O3/c1-15(21(26)23-17-6-7-19-20(12-17)28-14-27-19)25-10-8-24(9-11-25)13-16-4-2-3-5-18(16)22/h2-7,12,15H,8-11,13-14H2,1H3,(H,23,26)/p+2/t15-/m1/s1. The van der Waals surface area contributed by atoms with Crippen molar-refractivity contribution in [1.29, 1.82) is 0 Å². The van der Waals surface area contributed by atoms with Crippen LogP contribution in [-0.4, -0.2) is 44.9 Å². The van der Waals surface area contributed by atoms with Gasteiger partial charge in [0.25, 0.3) is 5.91 Å². The van der Waals surface area contributed by atoms with E-state index >= 15 is 0 Å². The van der Waals surface area contributed by atoms with Crippen molar-refractivity contribution in [3.05, 3.63) is 53.8 Å². The number of amides is 1. The number of quaternary nitrogens is 2. The lowest BCUT2D eigenvalue weighted by molar-refractivity contribution is -1.02. The smallest absolute Gasteiger partial charge is 0.282 e. The molecule has 0 radical (unpaired) electrons. The van der Waals surface area contributed by atoms with Crippen LogP contribution in [0.4, 0.5) is 10.1 Å². The van der Waals surface area contributed by atoms with Gasteiger partial charge < -0.3 is 24.6 Å². The Labute approximate surface area is 163 Å². The number of hydrogen-bond acceptors (Lipinski definition) is 3. The second kappa shape index (κ2) is 8.16. The second-order valence-electron chi connectivity index (χ2n) is 7.46. The number of piperazine rings is 1. The van der Waals surface area contributed by atoms with E-state index in [1.165, 1.54) is 15.9 Å². The van der Waals surface area contributed by atoms with Gasteiger partial charge in [0.2, 0.25) is 6.79 Å². The quantitative estimate of drug-likeness (QED) is 0.670. The first kappa shape index (κ1) is 18.7. The summed E-state index contributed by atoms with van der Waals surface area (Å²) in [5.74, 6) is 1.21. The van der Waals surface area contributed by atoms with E-state index in [9.17, 15) is 9.18 Å². The zero-order valence-corrected chi connectivity index (χ0v) is 16.0. The molecule has 1 atom stereocenters. The molecule has 28 heavy (non-hydrogen) atoms. The maximum absolute atomic E-state index is 13.9. The Morgan fingerprint density at radius 1 is 1.11 bits per heavy atom. The topological polar surface area (TPSA) is 56.4 Å².